The summed E-state index contributed by atoms with van der Waals surface area (Å²) in [5.74, 6) is -1.56. The fraction of sp³-hybridized carbons (Fsp3) is 0.727. The molecule has 0 aromatic rings. The molecule has 0 unspecified atom stereocenters. The van der Waals surface area contributed by atoms with Crippen molar-refractivity contribution in [3.8, 4) is 0 Å². The van der Waals surface area contributed by atoms with Gasteiger partial charge in [-0.2, -0.15) is 13.2 Å². The first-order chi connectivity index (χ1) is 7.44. The predicted molar refractivity (Wildman–Crippen MR) is 50.6 cm³/mol. The monoisotopic (exact) mass is 234 g/mol. The van der Waals surface area contributed by atoms with E-state index < -0.39 is 23.1 Å². The molecule has 0 bridgehead atoms. The average molecular weight is 234 g/mol. The third-order valence-corrected chi connectivity index (χ3v) is 3.38. The Hall–Kier alpha value is -1.00. The number of halogens is 3. The quantitative estimate of drug-likeness (QED) is 0.644. The second-order valence-corrected chi connectivity index (χ2v) is 4.50. The molecule has 0 atom stereocenters. The predicted octanol–water partition coefficient (Wildman–Crippen LogP) is 2.98. The van der Waals surface area contributed by atoms with Gasteiger partial charge in [0, 0.05) is 6.08 Å². The molecule has 1 fully saturated rings. The lowest BCUT2D eigenvalue weighted by Gasteiger charge is -2.37. The van der Waals surface area contributed by atoms with Crippen LogP contribution in [0.15, 0.2) is 11.8 Å². The molecular formula is C11H13F3O2. The SMILES string of the molecule is O=C1C=C(C(F)(F)F)OCC12CCCCC2. The minimum absolute atomic E-state index is 0.114. The average Bonchev–Trinajstić information content (AvgIpc) is 2.22. The molecule has 1 aliphatic heterocycles. The van der Waals surface area contributed by atoms with E-state index in [-0.39, 0.29) is 6.61 Å². The topological polar surface area (TPSA) is 26.3 Å². The van der Waals surface area contributed by atoms with Crippen molar-refractivity contribution in [3.63, 3.8) is 0 Å². The fourth-order valence-electron chi connectivity index (χ4n) is 2.38. The Balaban J connectivity index is 2.19. The number of hydrogen-bond donors (Lipinski definition) is 0. The summed E-state index contributed by atoms with van der Waals surface area (Å²) in [7, 11) is 0. The molecule has 5 heteroatoms. The van der Waals surface area contributed by atoms with Gasteiger partial charge in [-0.3, -0.25) is 4.79 Å². The van der Waals surface area contributed by atoms with Gasteiger partial charge in [0.05, 0.1) is 5.41 Å². The molecule has 1 aliphatic carbocycles. The molecular weight excluding hydrogens is 221 g/mol. The van der Waals surface area contributed by atoms with E-state index in [2.05, 4.69) is 0 Å². The van der Waals surface area contributed by atoms with Crippen molar-refractivity contribution in [2.24, 2.45) is 5.41 Å². The number of carbonyl (C=O) groups is 1. The number of rotatable bonds is 0. The van der Waals surface area contributed by atoms with Crippen molar-refractivity contribution < 1.29 is 22.7 Å². The molecule has 1 heterocycles. The zero-order valence-electron chi connectivity index (χ0n) is 8.77. The number of alkyl halides is 3. The molecule has 1 spiro atoms. The summed E-state index contributed by atoms with van der Waals surface area (Å²) in [4.78, 5) is 11.8. The molecule has 0 saturated heterocycles. The summed E-state index contributed by atoms with van der Waals surface area (Å²) in [6.07, 6.45) is 0.209. The van der Waals surface area contributed by atoms with Crippen LogP contribution in [0.2, 0.25) is 0 Å². The van der Waals surface area contributed by atoms with Crippen LogP contribution < -0.4 is 0 Å². The third kappa shape index (κ3) is 1.95. The van der Waals surface area contributed by atoms with Gasteiger partial charge in [0.2, 0.25) is 5.76 Å². The zero-order chi connectivity index (χ0) is 11.8. The number of ether oxygens (including phenoxy) is 1. The standard InChI is InChI=1S/C11H13F3O2/c12-11(13,14)9-6-8(15)10(7-16-9)4-2-1-3-5-10/h6H,1-5,7H2. The maximum atomic E-state index is 12.3. The normalized spacial score (nSPS) is 25.2. The van der Waals surface area contributed by atoms with Gasteiger partial charge in [-0.05, 0) is 12.8 Å². The summed E-state index contributed by atoms with van der Waals surface area (Å²) in [5, 5.41) is 0. The Morgan fingerprint density at radius 1 is 1.19 bits per heavy atom. The molecule has 0 N–H and O–H groups in total. The van der Waals surface area contributed by atoms with Gasteiger partial charge in [0.15, 0.2) is 5.78 Å². The fourth-order valence-corrected chi connectivity index (χ4v) is 2.38. The molecule has 0 amide bonds. The molecule has 1 saturated carbocycles. The van der Waals surface area contributed by atoms with Crippen molar-refractivity contribution in [1.29, 1.82) is 0 Å². The summed E-state index contributed by atoms with van der Waals surface area (Å²) in [5.41, 5.74) is -0.674. The van der Waals surface area contributed by atoms with Crippen molar-refractivity contribution in [2.45, 2.75) is 38.3 Å². The summed E-state index contributed by atoms with van der Waals surface area (Å²) < 4.78 is 41.7. The lowest BCUT2D eigenvalue weighted by Crippen LogP contribution is -2.41. The van der Waals surface area contributed by atoms with Crippen LogP contribution in [0, 0.1) is 5.41 Å². The van der Waals surface area contributed by atoms with E-state index >= 15 is 0 Å². The lowest BCUT2D eigenvalue weighted by molar-refractivity contribution is -0.155. The first-order valence-electron chi connectivity index (χ1n) is 5.40. The third-order valence-electron chi connectivity index (χ3n) is 3.38. The van der Waals surface area contributed by atoms with Crippen LogP contribution in [-0.4, -0.2) is 18.6 Å². The molecule has 2 aliphatic rings. The Morgan fingerprint density at radius 3 is 2.31 bits per heavy atom. The van der Waals surface area contributed by atoms with E-state index in [4.69, 9.17) is 4.74 Å². The van der Waals surface area contributed by atoms with E-state index in [1.165, 1.54) is 0 Å². The Bertz CT molecular complexity index is 325. The van der Waals surface area contributed by atoms with Gasteiger partial charge >= 0.3 is 6.18 Å². The molecule has 0 aromatic heterocycles. The molecule has 16 heavy (non-hydrogen) atoms. The van der Waals surface area contributed by atoms with Gasteiger partial charge in [-0.15, -0.1) is 0 Å². The Labute approximate surface area is 91.5 Å². The largest absolute Gasteiger partial charge is 0.488 e. The van der Waals surface area contributed by atoms with E-state index in [1.54, 1.807) is 0 Å². The van der Waals surface area contributed by atoms with Crippen LogP contribution in [0.3, 0.4) is 0 Å². The van der Waals surface area contributed by atoms with Gasteiger partial charge in [-0.1, -0.05) is 19.3 Å². The number of carbonyl (C=O) groups excluding carboxylic acids is 1. The highest BCUT2D eigenvalue weighted by Gasteiger charge is 2.47. The van der Waals surface area contributed by atoms with Gasteiger partial charge in [0.1, 0.15) is 6.61 Å². The zero-order valence-corrected chi connectivity index (χ0v) is 8.77. The molecule has 2 nitrogen and oxygen atoms in total. The number of allylic oxidation sites excluding steroid dienone is 2. The van der Waals surface area contributed by atoms with Gasteiger partial charge < -0.3 is 4.74 Å². The summed E-state index contributed by atoms with van der Waals surface area (Å²) in [6.45, 7) is -0.114. The van der Waals surface area contributed by atoms with Gasteiger partial charge in [-0.25, -0.2) is 0 Å². The van der Waals surface area contributed by atoms with E-state index in [9.17, 15) is 18.0 Å². The van der Waals surface area contributed by atoms with Crippen LogP contribution in [-0.2, 0) is 9.53 Å². The Kier molecular flexibility index (Phi) is 2.72. The maximum absolute atomic E-state index is 12.3. The summed E-state index contributed by atoms with van der Waals surface area (Å²) >= 11 is 0. The number of hydrogen-bond acceptors (Lipinski definition) is 2. The van der Waals surface area contributed by atoms with Crippen LogP contribution in [0.4, 0.5) is 13.2 Å². The minimum atomic E-state index is -4.55. The van der Waals surface area contributed by atoms with Crippen LogP contribution in [0.1, 0.15) is 32.1 Å². The first kappa shape index (κ1) is 11.5. The van der Waals surface area contributed by atoms with Crippen LogP contribution in [0.25, 0.3) is 0 Å². The second kappa shape index (κ2) is 3.79. The van der Waals surface area contributed by atoms with Crippen LogP contribution >= 0.6 is 0 Å². The molecule has 0 aromatic carbocycles. The van der Waals surface area contributed by atoms with E-state index in [1.807, 2.05) is 0 Å². The lowest BCUT2D eigenvalue weighted by atomic mass is 9.71. The highest BCUT2D eigenvalue weighted by atomic mass is 19.4. The van der Waals surface area contributed by atoms with E-state index in [0.29, 0.717) is 18.9 Å². The minimum Gasteiger partial charge on any atom is -0.488 e. The number of ketones is 1. The summed E-state index contributed by atoms with van der Waals surface area (Å²) in [6, 6.07) is 0. The van der Waals surface area contributed by atoms with Crippen LogP contribution in [0.5, 0.6) is 0 Å². The van der Waals surface area contributed by atoms with Crippen molar-refractivity contribution in [2.75, 3.05) is 6.61 Å². The maximum Gasteiger partial charge on any atom is 0.449 e. The van der Waals surface area contributed by atoms with E-state index in [0.717, 1.165) is 19.3 Å². The second-order valence-electron chi connectivity index (χ2n) is 4.50. The molecule has 0 radical (unpaired) electrons. The van der Waals surface area contributed by atoms with Crippen molar-refractivity contribution in [3.05, 3.63) is 11.8 Å². The molecule has 90 valence electrons. The Morgan fingerprint density at radius 2 is 1.81 bits per heavy atom. The first-order valence-corrected chi connectivity index (χ1v) is 5.40. The van der Waals surface area contributed by atoms with Gasteiger partial charge in [0.25, 0.3) is 0 Å². The van der Waals surface area contributed by atoms with Crippen molar-refractivity contribution >= 4 is 5.78 Å². The highest BCUT2D eigenvalue weighted by molar-refractivity contribution is 5.96. The smallest absolute Gasteiger partial charge is 0.449 e. The molecule has 2 rings (SSSR count). The van der Waals surface area contributed by atoms with Crippen molar-refractivity contribution in [1.82, 2.24) is 0 Å². The highest BCUT2D eigenvalue weighted by Crippen LogP contribution is 2.42.